The summed E-state index contributed by atoms with van der Waals surface area (Å²) < 4.78 is 28.5. The molecule has 0 aliphatic heterocycles. The zero-order valence-corrected chi connectivity index (χ0v) is 12.0. The molecule has 0 aliphatic rings. The lowest BCUT2D eigenvalue weighted by atomic mass is 10.1. The highest BCUT2D eigenvalue weighted by atomic mass is 19.1. The van der Waals surface area contributed by atoms with Gasteiger partial charge in [0.05, 0.1) is 11.6 Å². The van der Waals surface area contributed by atoms with Gasteiger partial charge in [0.2, 0.25) is 0 Å². The molecule has 1 N–H and O–H groups in total. The number of aryl methyl sites for hydroxylation is 1. The maximum atomic E-state index is 13.7. The second-order valence-electron chi connectivity index (χ2n) is 4.96. The Hall–Kier alpha value is -2.31. The van der Waals surface area contributed by atoms with E-state index in [4.69, 9.17) is 0 Å². The predicted molar refractivity (Wildman–Crippen MR) is 72.8 cm³/mol. The van der Waals surface area contributed by atoms with E-state index >= 15 is 0 Å². The van der Waals surface area contributed by atoms with E-state index in [2.05, 4.69) is 15.4 Å². The molecule has 0 fully saturated rings. The van der Waals surface area contributed by atoms with Crippen LogP contribution in [0.1, 0.15) is 35.8 Å². The van der Waals surface area contributed by atoms with Crippen molar-refractivity contribution in [2.24, 2.45) is 0 Å². The van der Waals surface area contributed by atoms with Gasteiger partial charge in [-0.05, 0) is 32.4 Å². The molecule has 0 radical (unpaired) electrons. The first-order valence-corrected chi connectivity index (χ1v) is 6.50. The lowest BCUT2D eigenvalue weighted by molar-refractivity contribution is 0.0924. The summed E-state index contributed by atoms with van der Waals surface area (Å²) in [5, 5.41) is 6.67. The van der Waals surface area contributed by atoms with Crippen LogP contribution in [0.15, 0.2) is 24.8 Å². The number of carbonyl (C=O) groups is 1. The second-order valence-corrected chi connectivity index (χ2v) is 4.96. The van der Waals surface area contributed by atoms with Gasteiger partial charge in [-0.2, -0.15) is 5.10 Å². The Kier molecular flexibility index (Phi) is 4.30. The molecular formula is C14H16F2N4O. The van der Waals surface area contributed by atoms with Crippen LogP contribution in [-0.2, 0) is 0 Å². The smallest absolute Gasteiger partial charge is 0.254 e. The van der Waals surface area contributed by atoms with Crippen molar-refractivity contribution in [1.29, 1.82) is 0 Å². The summed E-state index contributed by atoms with van der Waals surface area (Å²) >= 11 is 0. The Bertz CT molecular complexity index is 643. The van der Waals surface area contributed by atoms with E-state index in [0.29, 0.717) is 0 Å². The lowest BCUT2D eigenvalue weighted by Crippen LogP contribution is -2.38. The number of hydrogen-bond donors (Lipinski definition) is 1. The van der Waals surface area contributed by atoms with Gasteiger partial charge in [0.15, 0.2) is 0 Å². The molecule has 5 nitrogen and oxygen atoms in total. The highest BCUT2D eigenvalue weighted by molar-refractivity contribution is 5.94. The zero-order valence-electron chi connectivity index (χ0n) is 12.0. The molecule has 0 spiro atoms. The van der Waals surface area contributed by atoms with Crippen molar-refractivity contribution in [2.75, 3.05) is 0 Å². The minimum Gasteiger partial charge on any atom is -0.347 e. The number of benzene rings is 1. The molecule has 1 aromatic carbocycles. The van der Waals surface area contributed by atoms with Crippen LogP contribution in [0.25, 0.3) is 0 Å². The summed E-state index contributed by atoms with van der Waals surface area (Å²) in [4.78, 5) is 15.9. The highest BCUT2D eigenvalue weighted by Gasteiger charge is 2.20. The van der Waals surface area contributed by atoms with Crippen LogP contribution < -0.4 is 5.32 Å². The average Bonchev–Trinajstić information content (AvgIpc) is 2.95. The summed E-state index contributed by atoms with van der Waals surface area (Å²) in [6, 6.07) is 1.47. The van der Waals surface area contributed by atoms with Crippen LogP contribution in [0, 0.1) is 18.6 Å². The molecule has 7 heteroatoms. The molecule has 0 saturated carbocycles. The number of halogens is 2. The Morgan fingerprint density at radius 1 is 1.29 bits per heavy atom. The Morgan fingerprint density at radius 2 is 2.00 bits per heavy atom. The van der Waals surface area contributed by atoms with Crippen molar-refractivity contribution in [3.8, 4) is 0 Å². The van der Waals surface area contributed by atoms with Crippen molar-refractivity contribution >= 4 is 5.91 Å². The number of rotatable bonds is 4. The van der Waals surface area contributed by atoms with E-state index in [1.54, 1.807) is 11.6 Å². The van der Waals surface area contributed by atoms with Crippen molar-refractivity contribution in [3.63, 3.8) is 0 Å². The summed E-state index contributed by atoms with van der Waals surface area (Å²) in [7, 11) is 0. The summed E-state index contributed by atoms with van der Waals surface area (Å²) in [5.74, 6) is -2.14. The number of carbonyl (C=O) groups excluding carboxylic acids is 1. The van der Waals surface area contributed by atoms with Gasteiger partial charge in [0.1, 0.15) is 24.3 Å². The fourth-order valence-corrected chi connectivity index (χ4v) is 1.89. The minimum absolute atomic E-state index is 0.152. The van der Waals surface area contributed by atoms with Gasteiger partial charge in [-0.3, -0.25) is 4.79 Å². The van der Waals surface area contributed by atoms with Crippen molar-refractivity contribution in [3.05, 3.63) is 47.5 Å². The molecule has 21 heavy (non-hydrogen) atoms. The van der Waals surface area contributed by atoms with Crippen LogP contribution in [-0.4, -0.2) is 26.7 Å². The summed E-state index contributed by atoms with van der Waals surface area (Å²) in [6.45, 7) is 5.11. The maximum absolute atomic E-state index is 13.7. The van der Waals surface area contributed by atoms with E-state index < -0.39 is 17.5 Å². The van der Waals surface area contributed by atoms with Crippen molar-refractivity contribution in [2.45, 2.75) is 32.9 Å². The van der Waals surface area contributed by atoms with Crippen LogP contribution in [0.5, 0.6) is 0 Å². The second kappa shape index (κ2) is 5.99. The maximum Gasteiger partial charge on any atom is 0.254 e. The summed E-state index contributed by atoms with van der Waals surface area (Å²) in [5.41, 5.74) is 0.0464. The van der Waals surface area contributed by atoms with Gasteiger partial charge in [0, 0.05) is 12.1 Å². The molecule has 0 bridgehead atoms. The monoisotopic (exact) mass is 294 g/mol. The minimum atomic E-state index is -0.879. The molecule has 1 amide bonds. The first-order chi connectivity index (χ1) is 9.90. The number of nitrogens with one attached hydrogen (secondary N) is 1. The molecule has 0 aliphatic carbocycles. The number of aromatic nitrogens is 3. The van der Waals surface area contributed by atoms with Gasteiger partial charge in [-0.1, -0.05) is 0 Å². The van der Waals surface area contributed by atoms with Gasteiger partial charge in [-0.15, -0.1) is 0 Å². The average molecular weight is 294 g/mol. The molecule has 2 rings (SSSR count). The fourth-order valence-electron chi connectivity index (χ4n) is 1.89. The first kappa shape index (κ1) is 15.1. The molecular weight excluding hydrogens is 278 g/mol. The molecule has 2 aromatic rings. The van der Waals surface area contributed by atoms with E-state index in [0.717, 1.165) is 6.07 Å². The third-order valence-corrected chi connectivity index (χ3v) is 3.43. The van der Waals surface area contributed by atoms with Crippen LogP contribution in [0.4, 0.5) is 8.78 Å². The molecule has 1 heterocycles. The Morgan fingerprint density at radius 3 is 2.62 bits per heavy atom. The lowest BCUT2D eigenvalue weighted by Gasteiger charge is -2.21. The standard InChI is InChI=1S/C14H16F2N4O/c1-8-4-11(13(16)5-12(8)15)14(21)19-9(2)10(3)20-7-17-6-18-20/h4-7,9-10H,1-3H3,(H,19,21)/t9-,10-/m0/s1. The van der Waals surface area contributed by atoms with Crippen LogP contribution in [0.2, 0.25) is 0 Å². The highest BCUT2D eigenvalue weighted by Crippen LogP contribution is 2.15. The Balaban J connectivity index is 2.13. The third-order valence-electron chi connectivity index (χ3n) is 3.43. The first-order valence-electron chi connectivity index (χ1n) is 6.50. The normalized spacial score (nSPS) is 13.8. The van der Waals surface area contributed by atoms with Gasteiger partial charge in [0.25, 0.3) is 5.91 Å². The van der Waals surface area contributed by atoms with Gasteiger partial charge >= 0.3 is 0 Å². The molecule has 0 saturated heterocycles. The van der Waals surface area contributed by atoms with Crippen molar-refractivity contribution in [1.82, 2.24) is 20.1 Å². The SMILES string of the molecule is Cc1cc(C(=O)N[C@@H](C)[C@H](C)n2cncn2)c(F)cc1F. The van der Waals surface area contributed by atoms with E-state index in [9.17, 15) is 13.6 Å². The number of nitrogens with zero attached hydrogens (tertiary/aromatic N) is 3. The summed E-state index contributed by atoms with van der Waals surface area (Å²) in [6.07, 6.45) is 2.93. The topological polar surface area (TPSA) is 59.8 Å². The Labute approximate surface area is 121 Å². The molecule has 1 aromatic heterocycles. The van der Waals surface area contributed by atoms with E-state index in [-0.39, 0.29) is 23.2 Å². The van der Waals surface area contributed by atoms with Crippen molar-refractivity contribution < 1.29 is 13.6 Å². The quantitative estimate of drug-likeness (QED) is 0.940. The zero-order chi connectivity index (χ0) is 15.6. The van der Waals surface area contributed by atoms with Crippen LogP contribution in [0.3, 0.4) is 0 Å². The molecule has 0 unspecified atom stereocenters. The fraction of sp³-hybridized carbons (Fsp3) is 0.357. The third kappa shape index (κ3) is 3.24. The number of amides is 1. The van der Waals surface area contributed by atoms with Gasteiger partial charge in [-0.25, -0.2) is 18.4 Å². The van der Waals surface area contributed by atoms with Gasteiger partial charge < -0.3 is 5.32 Å². The largest absolute Gasteiger partial charge is 0.347 e. The van der Waals surface area contributed by atoms with E-state index in [1.807, 2.05) is 6.92 Å². The molecule has 112 valence electrons. The predicted octanol–water partition coefficient (Wildman–Crippen LogP) is 2.24. The van der Waals surface area contributed by atoms with Crippen LogP contribution >= 0.6 is 0 Å². The number of hydrogen-bond acceptors (Lipinski definition) is 3. The van der Waals surface area contributed by atoms with E-state index in [1.165, 1.54) is 25.6 Å². The molecule has 2 atom stereocenters.